The number of hydrogen-bond donors (Lipinski definition) is 1. The van der Waals surface area contributed by atoms with Crippen LogP contribution < -0.4 is 10.8 Å². The lowest BCUT2D eigenvalue weighted by atomic mass is 10.3. The van der Waals surface area contributed by atoms with Crippen LogP contribution in [0.3, 0.4) is 0 Å². The minimum absolute atomic E-state index is 0.0465. The Bertz CT molecular complexity index is 238. The van der Waals surface area contributed by atoms with Crippen molar-refractivity contribution in [2.75, 3.05) is 18.5 Å². The van der Waals surface area contributed by atoms with Crippen molar-refractivity contribution in [3.63, 3.8) is 0 Å². The van der Waals surface area contributed by atoms with Gasteiger partial charge >= 0.3 is 0 Å². The lowest BCUT2D eigenvalue weighted by Crippen LogP contribution is -2.30. The molecule has 0 aliphatic rings. The summed E-state index contributed by atoms with van der Waals surface area (Å²) in [6.07, 6.45) is 0.0465. The Hall–Kier alpha value is -1.06. The van der Waals surface area contributed by atoms with E-state index in [2.05, 4.69) is 17.0 Å². The summed E-state index contributed by atoms with van der Waals surface area (Å²) < 4.78 is 0. The third-order valence-electron chi connectivity index (χ3n) is 1.96. The molecule has 1 unspecified atom stereocenters. The molecule has 13 heavy (non-hydrogen) atoms. The normalized spacial score (nSPS) is 12.5. The van der Waals surface area contributed by atoms with Gasteiger partial charge in [0, 0.05) is 19.3 Å². The smallest absolute Gasteiger partial charge is 0.0933 e. The van der Waals surface area contributed by atoms with Crippen LogP contribution in [0.25, 0.3) is 0 Å². The highest BCUT2D eigenvalue weighted by Crippen LogP contribution is 2.11. The largest absolute Gasteiger partial charge is 0.372 e. The predicted octanol–water partition coefficient (Wildman–Crippen LogP) is 1.40. The minimum Gasteiger partial charge on any atom is -0.372 e. The van der Waals surface area contributed by atoms with Gasteiger partial charge in [-0.2, -0.15) is 0 Å². The van der Waals surface area contributed by atoms with E-state index in [1.54, 1.807) is 0 Å². The van der Waals surface area contributed by atoms with Gasteiger partial charge in [-0.3, -0.25) is 4.84 Å². The SMILES string of the molecule is CC(CN(C)c1ccccc1)ON. The Morgan fingerprint density at radius 3 is 2.54 bits per heavy atom. The molecule has 3 heteroatoms. The summed E-state index contributed by atoms with van der Waals surface area (Å²) in [6, 6.07) is 10.1. The van der Waals surface area contributed by atoms with Gasteiger partial charge in [-0.15, -0.1) is 0 Å². The molecule has 0 fully saturated rings. The molecule has 1 aromatic carbocycles. The zero-order valence-electron chi connectivity index (χ0n) is 8.10. The second-order valence-corrected chi connectivity index (χ2v) is 3.16. The summed E-state index contributed by atoms with van der Waals surface area (Å²) in [4.78, 5) is 6.81. The standard InChI is InChI=1S/C10H16N2O/c1-9(13-11)8-12(2)10-6-4-3-5-7-10/h3-7,9H,8,11H2,1-2H3. The minimum atomic E-state index is 0.0465. The van der Waals surface area contributed by atoms with Crippen LogP contribution in [0, 0.1) is 0 Å². The van der Waals surface area contributed by atoms with Gasteiger partial charge in [-0.05, 0) is 19.1 Å². The first-order valence-electron chi connectivity index (χ1n) is 4.35. The van der Waals surface area contributed by atoms with Gasteiger partial charge in [-0.25, -0.2) is 5.90 Å². The zero-order chi connectivity index (χ0) is 9.68. The van der Waals surface area contributed by atoms with Crippen molar-refractivity contribution in [3.8, 4) is 0 Å². The van der Waals surface area contributed by atoms with Gasteiger partial charge in [0.05, 0.1) is 6.10 Å². The summed E-state index contributed by atoms with van der Waals surface area (Å²) in [5.74, 6) is 5.07. The van der Waals surface area contributed by atoms with E-state index in [0.717, 1.165) is 6.54 Å². The summed E-state index contributed by atoms with van der Waals surface area (Å²) in [5, 5.41) is 0. The molecule has 0 aromatic heterocycles. The van der Waals surface area contributed by atoms with Crippen molar-refractivity contribution in [2.45, 2.75) is 13.0 Å². The van der Waals surface area contributed by atoms with Crippen LogP contribution in [0.1, 0.15) is 6.92 Å². The fourth-order valence-electron chi connectivity index (χ4n) is 1.22. The van der Waals surface area contributed by atoms with Crippen molar-refractivity contribution in [1.29, 1.82) is 0 Å². The van der Waals surface area contributed by atoms with Crippen LogP contribution in [-0.2, 0) is 4.84 Å². The van der Waals surface area contributed by atoms with E-state index < -0.39 is 0 Å². The number of benzene rings is 1. The van der Waals surface area contributed by atoms with Crippen LogP contribution in [0.2, 0.25) is 0 Å². The second-order valence-electron chi connectivity index (χ2n) is 3.16. The van der Waals surface area contributed by atoms with Crippen molar-refractivity contribution < 1.29 is 4.84 Å². The van der Waals surface area contributed by atoms with Crippen LogP contribution in [0.5, 0.6) is 0 Å². The molecule has 0 radical (unpaired) electrons. The van der Waals surface area contributed by atoms with E-state index in [0.29, 0.717) is 0 Å². The third-order valence-corrected chi connectivity index (χ3v) is 1.96. The molecule has 0 saturated carbocycles. The van der Waals surface area contributed by atoms with Crippen LogP contribution >= 0.6 is 0 Å². The van der Waals surface area contributed by atoms with Crippen molar-refractivity contribution in [1.82, 2.24) is 0 Å². The summed E-state index contributed by atoms with van der Waals surface area (Å²) in [7, 11) is 2.02. The number of para-hydroxylation sites is 1. The number of hydrogen-bond acceptors (Lipinski definition) is 3. The van der Waals surface area contributed by atoms with Crippen molar-refractivity contribution in [2.24, 2.45) is 5.90 Å². The molecule has 2 N–H and O–H groups in total. The van der Waals surface area contributed by atoms with Gasteiger partial charge in [0.1, 0.15) is 0 Å². The lowest BCUT2D eigenvalue weighted by Gasteiger charge is -2.21. The topological polar surface area (TPSA) is 38.5 Å². The maximum atomic E-state index is 5.07. The Morgan fingerprint density at radius 2 is 2.00 bits per heavy atom. The Morgan fingerprint density at radius 1 is 1.38 bits per heavy atom. The quantitative estimate of drug-likeness (QED) is 0.712. The molecule has 0 heterocycles. The summed E-state index contributed by atoms with van der Waals surface area (Å²) >= 11 is 0. The number of nitrogens with two attached hydrogens (primary N) is 1. The maximum Gasteiger partial charge on any atom is 0.0933 e. The highest BCUT2D eigenvalue weighted by Gasteiger charge is 2.05. The van der Waals surface area contributed by atoms with E-state index in [1.807, 2.05) is 32.2 Å². The first kappa shape index (κ1) is 10.0. The van der Waals surface area contributed by atoms with Gasteiger partial charge in [0.25, 0.3) is 0 Å². The molecule has 0 bridgehead atoms. The molecule has 0 aliphatic carbocycles. The first-order valence-corrected chi connectivity index (χ1v) is 4.35. The van der Waals surface area contributed by atoms with Gasteiger partial charge < -0.3 is 4.90 Å². The van der Waals surface area contributed by atoms with Gasteiger partial charge in [0.2, 0.25) is 0 Å². The van der Waals surface area contributed by atoms with Crippen molar-refractivity contribution >= 4 is 5.69 Å². The Kier molecular flexibility index (Phi) is 3.73. The molecule has 0 spiro atoms. The van der Waals surface area contributed by atoms with Crippen molar-refractivity contribution in [3.05, 3.63) is 30.3 Å². The molecule has 1 rings (SSSR count). The molecule has 1 aromatic rings. The molecule has 72 valence electrons. The molecule has 1 atom stereocenters. The first-order chi connectivity index (χ1) is 6.24. The number of likely N-dealkylation sites (N-methyl/N-ethyl adjacent to an activating group) is 1. The van der Waals surface area contributed by atoms with Gasteiger partial charge in [-0.1, -0.05) is 18.2 Å². The fraction of sp³-hybridized carbons (Fsp3) is 0.400. The van der Waals surface area contributed by atoms with Crippen LogP contribution in [0.4, 0.5) is 5.69 Å². The average Bonchev–Trinajstić information content (AvgIpc) is 2.19. The molecule has 0 amide bonds. The van der Waals surface area contributed by atoms with E-state index in [1.165, 1.54) is 5.69 Å². The molecule has 0 saturated heterocycles. The summed E-state index contributed by atoms with van der Waals surface area (Å²) in [6.45, 7) is 2.74. The van der Waals surface area contributed by atoms with E-state index in [4.69, 9.17) is 10.7 Å². The number of rotatable bonds is 4. The molecular weight excluding hydrogens is 164 g/mol. The maximum absolute atomic E-state index is 5.07. The van der Waals surface area contributed by atoms with E-state index in [-0.39, 0.29) is 6.10 Å². The highest BCUT2D eigenvalue weighted by atomic mass is 16.6. The molecule has 3 nitrogen and oxygen atoms in total. The average molecular weight is 180 g/mol. The van der Waals surface area contributed by atoms with E-state index in [9.17, 15) is 0 Å². The van der Waals surface area contributed by atoms with Crippen LogP contribution in [0.15, 0.2) is 30.3 Å². The van der Waals surface area contributed by atoms with Gasteiger partial charge in [0.15, 0.2) is 0 Å². The number of nitrogens with zero attached hydrogens (tertiary/aromatic N) is 1. The Labute approximate surface area is 79.1 Å². The monoisotopic (exact) mass is 180 g/mol. The fourth-order valence-corrected chi connectivity index (χ4v) is 1.22. The summed E-state index contributed by atoms with van der Waals surface area (Å²) in [5.41, 5.74) is 1.17. The Balaban J connectivity index is 2.53. The third kappa shape index (κ3) is 3.05. The predicted molar refractivity (Wildman–Crippen MR) is 54.4 cm³/mol. The highest BCUT2D eigenvalue weighted by molar-refractivity contribution is 5.44. The van der Waals surface area contributed by atoms with Crippen LogP contribution in [-0.4, -0.2) is 19.7 Å². The second kappa shape index (κ2) is 4.84. The zero-order valence-corrected chi connectivity index (χ0v) is 8.10. The molecule has 0 aliphatic heterocycles. The lowest BCUT2D eigenvalue weighted by molar-refractivity contribution is 0.0720. The van der Waals surface area contributed by atoms with E-state index >= 15 is 0 Å². The molecular formula is C10H16N2O. The number of anilines is 1.